The highest BCUT2D eigenvalue weighted by molar-refractivity contribution is 5.69. The summed E-state index contributed by atoms with van der Waals surface area (Å²) < 4.78 is 0. The van der Waals surface area contributed by atoms with Crippen molar-refractivity contribution in [3.63, 3.8) is 0 Å². The van der Waals surface area contributed by atoms with E-state index in [4.69, 9.17) is 5.73 Å². The highest BCUT2D eigenvalue weighted by Crippen LogP contribution is 2.24. The van der Waals surface area contributed by atoms with Crippen LogP contribution >= 0.6 is 0 Å². The Morgan fingerprint density at radius 3 is 2.85 bits per heavy atom. The van der Waals surface area contributed by atoms with Crippen LogP contribution in [0.15, 0.2) is 24.3 Å². The number of rotatable bonds is 1. The van der Waals surface area contributed by atoms with E-state index in [0.717, 1.165) is 18.7 Å². The van der Waals surface area contributed by atoms with E-state index in [9.17, 15) is 0 Å². The fraction of sp³-hybridized carbons (Fsp3) is 0.400. The molecular weight excluding hydrogens is 162 g/mol. The minimum absolute atomic E-state index is 0.399. The Kier molecular flexibility index (Phi) is 2.36. The van der Waals surface area contributed by atoms with Crippen molar-refractivity contribution in [2.45, 2.75) is 12.5 Å². The van der Waals surface area contributed by atoms with E-state index in [1.165, 1.54) is 5.69 Å². The summed E-state index contributed by atoms with van der Waals surface area (Å²) in [6, 6.07) is 8.64. The van der Waals surface area contributed by atoms with Gasteiger partial charge in [-0.05, 0) is 18.6 Å². The summed E-state index contributed by atoms with van der Waals surface area (Å²) in [7, 11) is 0. The molecule has 0 bridgehead atoms. The van der Waals surface area contributed by atoms with Crippen LogP contribution in [0.5, 0.6) is 0 Å². The summed E-state index contributed by atoms with van der Waals surface area (Å²) in [5, 5.41) is 6.79. The van der Waals surface area contributed by atoms with Crippen molar-refractivity contribution in [2.24, 2.45) is 5.73 Å². The first kappa shape index (κ1) is 8.38. The summed E-state index contributed by atoms with van der Waals surface area (Å²) in [5.41, 5.74) is 7.98. The molecule has 0 aromatic heterocycles. The predicted molar refractivity (Wildman–Crippen MR) is 56.0 cm³/mol. The van der Waals surface area contributed by atoms with Crippen LogP contribution in [-0.4, -0.2) is 19.1 Å². The van der Waals surface area contributed by atoms with E-state index < -0.39 is 0 Å². The third-order valence-electron chi connectivity index (χ3n) is 2.38. The van der Waals surface area contributed by atoms with Crippen LogP contribution in [0.3, 0.4) is 0 Å². The quantitative estimate of drug-likeness (QED) is 0.605. The Morgan fingerprint density at radius 2 is 2.08 bits per heavy atom. The molecule has 0 amide bonds. The smallest absolute Gasteiger partial charge is 0.0578 e. The van der Waals surface area contributed by atoms with Crippen LogP contribution in [-0.2, 0) is 0 Å². The maximum absolute atomic E-state index is 5.64. The summed E-state index contributed by atoms with van der Waals surface area (Å²) in [4.78, 5) is 0. The van der Waals surface area contributed by atoms with Crippen molar-refractivity contribution in [1.29, 1.82) is 0 Å². The van der Waals surface area contributed by atoms with Crippen LogP contribution in [0.25, 0.3) is 0 Å². The second-order valence-electron chi connectivity index (χ2n) is 3.34. The molecule has 3 heteroatoms. The lowest BCUT2D eigenvalue weighted by Crippen LogP contribution is -2.28. The fourth-order valence-electron chi connectivity index (χ4n) is 1.61. The molecule has 0 saturated heterocycles. The number of hydrogen-bond donors (Lipinski definition) is 3. The molecule has 1 aliphatic heterocycles. The zero-order valence-electron chi connectivity index (χ0n) is 7.59. The average molecular weight is 177 g/mol. The van der Waals surface area contributed by atoms with Gasteiger partial charge >= 0.3 is 0 Å². The Labute approximate surface area is 78.3 Å². The van der Waals surface area contributed by atoms with Gasteiger partial charge < -0.3 is 16.4 Å². The van der Waals surface area contributed by atoms with Gasteiger partial charge in [-0.3, -0.25) is 0 Å². The van der Waals surface area contributed by atoms with Gasteiger partial charge in [0.2, 0.25) is 0 Å². The monoisotopic (exact) mass is 177 g/mol. The van der Waals surface area contributed by atoms with E-state index in [-0.39, 0.29) is 0 Å². The maximum Gasteiger partial charge on any atom is 0.0578 e. The second kappa shape index (κ2) is 3.66. The molecule has 0 fully saturated rings. The molecule has 1 atom stereocenters. The zero-order chi connectivity index (χ0) is 9.10. The van der Waals surface area contributed by atoms with Gasteiger partial charge in [0.1, 0.15) is 0 Å². The van der Waals surface area contributed by atoms with Crippen LogP contribution in [0.1, 0.15) is 6.42 Å². The highest BCUT2D eigenvalue weighted by Gasteiger charge is 2.12. The van der Waals surface area contributed by atoms with Crippen molar-refractivity contribution >= 4 is 11.4 Å². The molecule has 0 spiro atoms. The Balaban J connectivity index is 2.23. The van der Waals surface area contributed by atoms with Gasteiger partial charge in [0.15, 0.2) is 0 Å². The summed E-state index contributed by atoms with van der Waals surface area (Å²) >= 11 is 0. The summed E-state index contributed by atoms with van der Waals surface area (Å²) in [5.74, 6) is 0. The van der Waals surface area contributed by atoms with E-state index >= 15 is 0 Å². The number of nitrogens with two attached hydrogens (primary N) is 1. The topological polar surface area (TPSA) is 50.1 Å². The fourth-order valence-corrected chi connectivity index (χ4v) is 1.61. The number of para-hydroxylation sites is 2. The zero-order valence-corrected chi connectivity index (χ0v) is 7.59. The van der Waals surface area contributed by atoms with Gasteiger partial charge in [-0.15, -0.1) is 0 Å². The molecule has 0 saturated carbocycles. The molecule has 3 nitrogen and oxygen atoms in total. The first-order valence-corrected chi connectivity index (χ1v) is 4.69. The van der Waals surface area contributed by atoms with Crippen molar-refractivity contribution in [3.8, 4) is 0 Å². The third kappa shape index (κ3) is 1.75. The number of nitrogens with one attached hydrogen (secondary N) is 2. The van der Waals surface area contributed by atoms with Crippen molar-refractivity contribution in [3.05, 3.63) is 24.3 Å². The van der Waals surface area contributed by atoms with Crippen LogP contribution < -0.4 is 16.4 Å². The molecule has 1 heterocycles. The van der Waals surface area contributed by atoms with E-state index in [2.05, 4.69) is 22.8 Å². The van der Waals surface area contributed by atoms with Gasteiger partial charge in [0.05, 0.1) is 11.4 Å². The van der Waals surface area contributed by atoms with E-state index in [1.807, 2.05) is 12.1 Å². The second-order valence-corrected chi connectivity index (χ2v) is 3.34. The molecule has 70 valence electrons. The Morgan fingerprint density at radius 1 is 1.31 bits per heavy atom. The van der Waals surface area contributed by atoms with Gasteiger partial charge in [-0.25, -0.2) is 0 Å². The molecule has 1 aliphatic rings. The first-order valence-electron chi connectivity index (χ1n) is 4.69. The molecule has 1 aromatic carbocycles. The predicted octanol–water partition coefficient (Wildman–Crippen LogP) is 1.24. The lowest BCUT2D eigenvalue weighted by atomic mass is 10.2. The standard InChI is InChI=1S/C10H15N3/c11-7-8-5-6-12-9-3-1-2-4-10(9)13-8/h1-4,8,12-13H,5-7,11H2. The normalized spacial score (nSPS) is 20.8. The molecule has 13 heavy (non-hydrogen) atoms. The van der Waals surface area contributed by atoms with Crippen LogP contribution in [0.2, 0.25) is 0 Å². The van der Waals surface area contributed by atoms with Crippen molar-refractivity contribution in [2.75, 3.05) is 23.7 Å². The van der Waals surface area contributed by atoms with Crippen molar-refractivity contribution < 1.29 is 0 Å². The van der Waals surface area contributed by atoms with E-state index in [0.29, 0.717) is 12.6 Å². The van der Waals surface area contributed by atoms with Gasteiger partial charge in [0.25, 0.3) is 0 Å². The number of fused-ring (bicyclic) bond motifs is 1. The van der Waals surface area contributed by atoms with Crippen LogP contribution in [0, 0.1) is 0 Å². The summed E-state index contributed by atoms with van der Waals surface area (Å²) in [6.45, 7) is 1.68. The molecule has 0 radical (unpaired) electrons. The largest absolute Gasteiger partial charge is 0.383 e. The number of hydrogen-bond acceptors (Lipinski definition) is 3. The number of benzene rings is 1. The molecule has 1 unspecified atom stereocenters. The van der Waals surface area contributed by atoms with Crippen molar-refractivity contribution in [1.82, 2.24) is 0 Å². The van der Waals surface area contributed by atoms with Gasteiger partial charge in [-0.1, -0.05) is 12.1 Å². The molecule has 1 aromatic rings. The lowest BCUT2D eigenvalue weighted by molar-refractivity contribution is 0.691. The SMILES string of the molecule is NCC1CCNc2ccccc2N1. The van der Waals surface area contributed by atoms with Gasteiger partial charge in [0, 0.05) is 19.1 Å². The van der Waals surface area contributed by atoms with E-state index in [1.54, 1.807) is 0 Å². The van der Waals surface area contributed by atoms with Gasteiger partial charge in [-0.2, -0.15) is 0 Å². The minimum atomic E-state index is 0.399. The Bertz CT molecular complexity index is 285. The summed E-state index contributed by atoms with van der Waals surface area (Å²) in [6.07, 6.45) is 1.07. The average Bonchev–Trinajstić information content (AvgIpc) is 2.38. The lowest BCUT2D eigenvalue weighted by Gasteiger charge is -2.14. The molecule has 2 rings (SSSR count). The number of anilines is 2. The minimum Gasteiger partial charge on any atom is -0.383 e. The maximum atomic E-state index is 5.64. The highest BCUT2D eigenvalue weighted by atomic mass is 15.0. The molecular formula is C10H15N3. The molecule has 4 N–H and O–H groups in total. The first-order chi connectivity index (χ1) is 6.40. The Hall–Kier alpha value is -1.22. The third-order valence-corrected chi connectivity index (χ3v) is 2.38. The molecule has 0 aliphatic carbocycles. The van der Waals surface area contributed by atoms with Crippen LogP contribution in [0.4, 0.5) is 11.4 Å².